The maximum Gasteiger partial charge on any atom is 0.258 e. The zero-order chi connectivity index (χ0) is 19.2. The molecule has 5 nitrogen and oxygen atoms in total. The molecule has 0 saturated heterocycles. The molecule has 0 aliphatic rings. The summed E-state index contributed by atoms with van der Waals surface area (Å²) in [5.74, 6) is 1.57. The van der Waals surface area contributed by atoms with E-state index in [1.165, 1.54) is 5.56 Å². The number of para-hydroxylation sites is 1. The second kappa shape index (κ2) is 8.82. The van der Waals surface area contributed by atoms with Crippen LogP contribution in [-0.4, -0.2) is 34.1 Å². The molecule has 3 rings (SSSR count). The normalized spacial score (nSPS) is 12.4. The van der Waals surface area contributed by atoms with Crippen molar-refractivity contribution in [2.75, 3.05) is 13.2 Å². The van der Waals surface area contributed by atoms with Gasteiger partial charge >= 0.3 is 0 Å². The summed E-state index contributed by atoms with van der Waals surface area (Å²) in [7, 11) is 0. The van der Waals surface area contributed by atoms with Crippen LogP contribution in [0.15, 0.2) is 53.3 Å². The van der Waals surface area contributed by atoms with Gasteiger partial charge in [0.05, 0.1) is 17.4 Å². The summed E-state index contributed by atoms with van der Waals surface area (Å²) in [4.78, 5) is 22.2. The zero-order valence-electron chi connectivity index (χ0n) is 16.2. The van der Waals surface area contributed by atoms with Crippen LogP contribution >= 0.6 is 0 Å². The van der Waals surface area contributed by atoms with Gasteiger partial charge in [0.1, 0.15) is 18.2 Å². The van der Waals surface area contributed by atoms with Crippen LogP contribution < -0.4 is 10.3 Å². The number of aromatic nitrogens is 2. The minimum atomic E-state index is -0.0873. The lowest BCUT2D eigenvalue weighted by atomic mass is 10.2. The van der Waals surface area contributed by atoms with Crippen molar-refractivity contribution in [3.8, 4) is 5.75 Å². The topological polar surface area (TPSA) is 58.2 Å². The van der Waals surface area contributed by atoms with Crippen LogP contribution in [0.25, 0.3) is 10.9 Å². The van der Waals surface area contributed by atoms with E-state index in [2.05, 4.69) is 41.7 Å². The highest BCUT2D eigenvalue weighted by atomic mass is 16.5. The van der Waals surface area contributed by atoms with Crippen molar-refractivity contribution in [2.45, 2.75) is 39.8 Å². The lowest BCUT2D eigenvalue weighted by Crippen LogP contribution is -2.36. The first-order valence-corrected chi connectivity index (χ1v) is 9.48. The predicted molar refractivity (Wildman–Crippen MR) is 109 cm³/mol. The SMILES string of the molecule is CCC(C)N(CCOc1cccc(C)c1)Cc1nc2ccccc2c(=O)[nH]1. The third kappa shape index (κ3) is 4.95. The Morgan fingerprint density at radius 1 is 1.19 bits per heavy atom. The van der Waals surface area contributed by atoms with Crippen molar-refractivity contribution in [3.63, 3.8) is 0 Å². The van der Waals surface area contributed by atoms with Gasteiger partial charge in [0.15, 0.2) is 0 Å². The van der Waals surface area contributed by atoms with Crippen LogP contribution in [-0.2, 0) is 6.54 Å². The van der Waals surface area contributed by atoms with Crippen LogP contribution in [0, 0.1) is 6.92 Å². The fourth-order valence-electron chi connectivity index (χ4n) is 3.10. The van der Waals surface area contributed by atoms with Gasteiger partial charge < -0.3 is 9.72 Å². The van der Waals surface area contributed by atoms with E-state index in [1.807, 2.05) is 36.4 Å². The molecule has 0 fully saturated rings. The van der Waals surface area contributed by atoms with E-state index in [1.54, 1.807) is 6.07 Å². The monoisotopic (exact) mass is 365 g/mol. The lowest BCUT2D eigenvalue weighted by Gasteiger charge is -2.27. The average Bonchev–Trinajstić information content (AvgIpc) is 2.67. The molecule has 0 spiro atoms. The fourth-order valence-corrected chi connectivity index (χ4v) is 3.10. The van der Waals surface area contributed by atoms with Gasteiger partial charge in [-0.2, -0.15) is 0 Å². The van der Waals surface area contributed by atoms with E-state index in [-0.39, 0.29) is 5.56 Å². The van der Waals surface area contributed by atoms with Gasteiger partial charge in [0, 0.05) is 12.6 Å². The Kier molecular flexibility index (Phi) is 6.24. The molecular weight excluding hydrogens is 338 g/mol. The van der Waals surface area contributed by atoms with Gasteiger partial charge in [-0.05, 0) is 50.1 Å². The Morgan fingerprint density at radius 2 is 2.00 bits per heavy atom. The van der Waals surface area contributed by atoms with Crippen molar-refractivity contribution in [2.24, 2.45) is 0 Å². The highest BCUT2D eigenvalue weighted by Crippen LogP contribution is 2.14. The minimum absolute atomic E-state index is 0.0873. The Morgan fingerprint density at radius 3 is 2.78 bits per heavy atom. The minimum Gasteiger partial charge on any atom is -0.492 e. The molecule has 2 aromatic carbocycles. The number of hydrogen-bond donors (Lipinski definition) is 1. The van der Waals surface area contributed by atoms with E-state index in [0.29, 0.717) is 30.4 Å². The highest BCUT2D eigenvalue weighted by Gasteiger charge is 2.15. The maximum absolute atomic E-state index is 12.3. The molecule has 1 heterocycles. The molecule has 1 atom stereocenters. The van der Waals surface area contributed by atoms with Crippen LogP contribution in [0.2, 0.25) is 0 Å². The van der Waals surface area contributed by atoms with E-state index in [4.69, 9.17) is 4.74 Å². The van der Waals surface area contributed by atoms with Crippen LogP contribution in [0.4, 0.5) is 0 Å². The van der Waals surface area contributed by atoms with Gasteiger partial charge in [-0.1, -0.05) is 31.2 Å². The van der Waals surface area contributed by atoms with E-state index >= 15 is 0 Å². The third-order valence-corrected chi connectivity index (χ3v) is 4.87. The van der Waals surface area contributed by atoms with Crippen LogP contribution in [0.3, 0.4) is 0 Å². The molecule has 0 aliphatic carbocycles. The number of fused-ring (bicyclic) bond motifs is 1. The maximum atomic E-state index is 12.3. The van der Waals surface area contributed by atoms with E-state index in [9.17, 15) is 4.79 Å². The Bertz CT molecular complexity index is 951. The number of nitrogens with zero attached hydrogens (tertiary/aromatic N) is 2. The number of rotatable bonds is 8. The first-order valence-electron chi connectivity index (χ1n) is 9.48. The van der Waals surface area contributed by atoms with Gasteiger partial charge in [0.2, 0.25) is 0 Å². The summed E-state index contributed by atoms with van der Waals surface area (Å²) in [5, 5.41) is 0.624. The number of H-pyrrole nitrogens is 1. The molecule has 1 unspecified atom stereocenters. The summed E-state index contributed by atoms with van der Waals surface area (Å²) in [6.45, 7) is 8.35. The number of nitrogens with one attached hydrogen (secondary N) is 1. The summed E-state index contributed by atoms with van der Waals surface area (Å²) in [6, 6.07) is 15.9. The van der Waals surface area contributed by atoms with Crippen molar-refractivity contribution >= 4 is 10.9 Å². The molecule has 142 valence electrons. The zero-order valence-corrected chi connectivity index (χ0v) is 16.2. The molecule has 0 aliphatic heterocycles. The largest absolute Gasteiger partial charge is 0.492 e. The van der Waals surface area contributed by atoms with Gasteiger partial charge in [-0.3, -0.25) is 9.69 Å². The Balaban J connectivity index is 1.70. The number of aromatic amines is 1. The first kappa shape index (κ1) is 19.1. The predicted octanol–water partition coefficient (Wildman–Crippen LogP) is 3.91. The first-order chi connectivity index (χ1) is 13.1. The van der Waals surface area contributed by atoms with Crippen molar-refractivity contribution in [1.82, 2.24) is 14.9 Å². The van der Waals surface area contributed by atoms with Crippen molar-refractivity contribution in [1.29, 1.82) is 0 Å². The molecular formula is C22H27N3O2. The van der Waals surface area contributed by atoms with Gasteiger partial charge in [-0.25, -0.2) is 4.98 Å². The molecule has 5 heteroatoms. The van der Waals surface area contributed by atoms with Crippen LogP contribution in [0.1, 0.15) is 31.7 Å². The third-order valence-electron chi connectivity index (χ3n) is 4.87. The van der Waals surface area contributed by atoms with Crippen molar-refractivity contribution < 1.29 is 4.74 Å². The lowest BCUT2D eigenvalue weighted by molar-refractivity contribution is 0.154. The molecule has 0 bridgehead atoms. The Hall–Kier alpha value is -2.66. The Labute approximate surface area is 160 Å². The van der Waals surface area contributed by atoms with Crippen LogP contribution in [0.5, 0.6) is 5.75 Å². The summed E-state index contributed by atoms with van der Waals surface area (Å²) >= 11 is 0. The molecule has 3 aromatic rings. The standard InChI is InChI=1S/C22H27N3O2/c1-4-17(3)25(12-13-27-18-9-7-8-16(2)14-18)15-21-23-20-11-6-5-10-19(20)22(26)24-21/h5-11,14,17H,4,12-13,15H2,1-3H3,(H,23,24,26). The fraction of sp³-hybridized carbons (Fsp3) is 0.364. The van der Waals surface area contributed by atoms with Gasteiger partial charge in [0.25, 0.3) is 5.56 Å². The number of ether oxygens (including phenoxy) is 1. The molecule has 0 amide bonds. The molecule has 1 N–H and O–H groups in total. The molecule has 27 heavy (non-hydrogen) atoms. The highest BCUT2D eigenvalue weighted by molar-refractivity contribution is 5.77. The van der Waals surface area contributed by atoms with Gasteiger partial charge in [-0.15, -0.1) is 0 Å². The van der Waals surface area contributed by atoms with E-state index < -0.39 is 0 Å². The second-order valence-corrected chi connectivity index (χ2v) is 6.92. The quantitative estimate of drug-likeness (QED) is 0.657. The molecule has 1 aromatic heterocycles. The molecule has 0 saturated carbocycles. The van der Waals surface area contributed by atoms with E-state index in [0.717, 1.165) is 24.2 Å². The molecule has 0 radical (unpaired) electrons. The number of aryl methyl sites for hydroxylation is 1. The smallest absolute Gasteiger partial charge is 0.258 e. The average molecular weight is 365 g/mol. The number of hydrogen-bond acceptors (Lipinski definition) is 4. The summed E-state index contributed by atoms with van der Waals surface area (Å²) in [5.41, 5.74) is 1.83. The van der Waals surface area contributed by atoms with Crippen molar-refractivity contribution in [3.05, 3.63) is 70.3 Å². The number of benzene rings is 2. The second-order valence-electron chi connectivity index (χ2n) is 6.92. The summed E-state index contributed by atoms with van der Waals surface area (Å²) in [6.07, 6.45) is 1.02. The summed E-state index contributed by atoms with van der Waals surface area (Å²) < 4.78 is 5.91.